The number of rotatable bonds is 5. The van der Waals surface area contributed by atoms with Gasteiger partial charge < -0.3 is 15.7 Å². The van der Waals surface area contributed by atoms with Gasteiger partial charge >= 0.3 is 12.0 Å². The van der Waals surface area contributed by atoms with Crippen LogP contribution in [0.4, 0.5) is 4.79 Å². The van der Waals surface area contributed by atoms with Gasteiger partial charge in [0.15, 0.2) is 0 Å². The van der Waals surface area contributed by atoms with Crippen LogP contribution in [0.3, 0.4) is 0 Å². The summed E-state index contributed by atoms with van der Waals surface area (Å²) in [5.74, 6) is -0.940. The summed E-state index contributed by atoms with van der Waals surface area (Å²) >= 11 is 0. The molecule has 0 bridgehead atoms. The fourth-order valence-corrected chi connectivity index (χ4v) is 1.07. The Kier molecular flexibility index (Phi) is 4.31. The van der Waals surface area contributed by atoms with E-state index >= 15 is 0 Å². The number of hydrogen-bond donors (Lipinski definition) is 3. The van der Waals surface area contributed by atoms with E-state index in [-0.39, 0.29) is 13.0 Å². The van der Waals surface area contributed by atoms with Gasteiger partial charge in [0.05, 0.1) is 18.7 Å². The standard InChI is InChI=1S/C9H14N4O3/c1-13-5-3-7(12-13)6-11-9(16)10-4-2-8(14)15/h3,5H,2,4,6H2,1H3,(H,14,15)(H2,10,11,16). The molecule has 0 aromatic carbocycles. The molecule has 16 heavy (non-hydrogen) atoms. The molecule has 7 nitrogen and oxygen atoms in total. The molecule has 7 heteroatoms. The number of carboxylic acids is 1. The largest absolute Gasteiger partial charge is 0.481 e. The van der Waals surface area contributed by atoms with Gasteiger partial charge in [0.25, 0.3) is 0 Å². The normalized spacial score (nSPS) is 9.81. The van der Waals surface area contributed by atoms with Crippen LogP contribution in [0.25, 0.3) is 0 Å². The van der Waals surface area contributed by atoms with E-state index in [1.807, 2.05) is 0 Å². The number of carbonyl (C=O) groups excluding carboxylic acids is 1. The Labute approximate surface area is 92.4 Å². The van der Waals surface area contributed by atoms with Gasteiger partial charge in [-0.25, -0.2) is 4.79 Å². The summed E-state index contributed by atoms with van der Waals surface area (Å²) in [6, 6.07) is 1.39. The highest BCUT2D eigenvalue weighted by Gasteiger charge is 2.02. The molecule has 0 unspecified atom stereocenters. The minimum Gasteiger partial charge on any atom is -0.481 e. The van der Waals surface area contributed by atoms with Crippen molar-refractivity contribution in [3.05, 3.63) is 18.0 Å². The molecule has 88 valence electrons. The number of aryl methyl sites for hydroxylation is 1. The van der Waals surface area contributed by atoms with Crippen LogP contribution in [-0.4, -0.2) is 33.4 Å². The SMILES string of the molecule is Cn1ccc(CNC(=O)NCCC(=O)O)n1. The van der Waals surface area contributed by atoms with Crippen LogP contribution in [0.15, 0.2) is 12.3 Å². The minimum atomic E-state index is -0.940. The van der Waals surface area contributed by atoms with Gasteiger partial charge in [0.1, 0.15) is 0 Å². The predicted molar refractivity (Wildman–Crippen MR) is 55.7 cm³/mol. The number of aromatic nitrogens is 2. The van der Waals surface area contributed by atoms with Crippen LogP contribution >= 0.6 is 0 Å². The molecular weight excluding hydrogens is 212 g/mol. The van der Waals surface area contributed by atoms with Crippen LogP contribution in [0.2, 0.25) is 0 Å². The van der Waals surface area contributed by atoms with Crippen molar-refractivity contribution in [1.82, 2.24) is 20.4 Å². The molecule has 1 heterocycles. The van der Waals surface area contributed by atoms with Gasteiger partial charge in [-0.1, -0.05) is 0 Å². The molecule has 0 aliphatic carbocycles. The first-order chi connectivity index (χ1) is 7.58. The second-order valence-corrected chi connectivity index (χ2v) is 3.23. The van der Waals surface area contributed by atoms with E-state index in [0.29, 0.717) is 6.54 Å². The van der Waals surface area contributed by atoms with E-state index < -0.39 is 12.0 Å². The van der Waals surface area contributed by atoms with E-state index in [2.05, 4.69) is 15.7 Å². The van der Waals surface area contributed by atoms with E-state index in [9.17, 15) is 9.59 Å². The van der Waals surface area contributed by atoms with E-state index in [1.54, 1.807) is 24.0 Å². The highest BCUT2D eigenvalue weighted by atomic mass is 16.4. The second kappa shape index (κ2) is 5.74. The summed E-state index contributed by atoms with van der Waals surface area (Å²) in [7, 11) is 1.79. The fraction of sp³-hybridized carbons (Fsp3) is 0.444. The van der Waals surface area contributed by atoms with Crippen LogP contribution < -0.4 is 10.6 Å². The maximum Gasteiger partial charge on any atom is 0.315 e. The molecule has 0 aliphatic rings. The molecule has 1 aromatic heterocycles. The highest BCUT2D eigenvalue weighted by Crippen LogP contribution is 1.92. The van der Waals surface area contributed by atoms with E-state index in [0.717, 1.165) is 5.69 Å². The van der Waals surface area contributed by atoms with Gasteiger partial charge in [-0.15, -0.1) is 0 Å². The Morgan fingerprint density at radius 3 is 2.81 bits per heavy atom. The number of amides is 2. The Bertz CT molecular complexity index is 375. The molecule has 1 rings (SSSR count). The average molecular weight is 226 g/mol. The number of nitrogens with one attached hydrogen (secondary N) is 2. The lowest BCUT2D eigenvalue weighted by Crippen LogP contribution is -2.36. The zero-order valence-corrected chi connectivity index (χ0v) is 8.93. The smallest absolute Gasteiger partial charge is 0.315 e. The Balaban J connectivity index is 2.17. The lowest BCUT2D eigenvalue weighted by molar-refractivity contribution is -0.136. The zero-order valence-electron chi connectivity index (χ0n) is 8.93. The third-order valence-electron chi connectivity index (χ3n) is 1.82. The molecule has 1 aromatic rings. The maximum atomic E-state index is 11.2. The Hall–Kier alpha value is -2.05. The number of urea groups is 1. The third kappa shape index (κ3) is 4.45. The Morgan fingerprint density at radius 2 is 2.25 bits per heavy atom. The van der Waals surface area contributed by atoms with Gasteiger partial charge in [0.2, 0.25) is 0 Å². The van der Waals surface area contributed by atoms with Crippen LogP contribution in [0.1, 0.15) is 12.1 Å². The molecule has 2 amide bonds. The summed E-state index contributed by atoms with van der Waals surface area (Å²) in [5.41, 5.74) is 0.746. The van der Waals surface area contributed by atoms with Crippen molar-refractivity contribution in [1.29, 1.82) is 0 Å². The van der Waals surface area contributed by atoms with Gasteiger partial charge in [-0.2, -0.15) is 5.10 Å². The fourth-order valence-electron chi connectivity index (χ4n) is 1.07. The van der Waals surface area contributed by atoms with Crippen LogP contribution in [0, 0.1) is 0 Å². The molecule has 3 N–H and O–H groups in total. The molecule has 0 saturated heterocycles. The predicted octanol–water partition coefficient (Wildman–Crippen LogP) is -0.306. The van der Waals surface area contributed by atoms with Gasteiger partial charge in [0, 0.05) is 19.8 Å². The highest BCUT2D eigenvalue weighted by molar-refractivity contribution is 5.74. The number of carboxylic acid groups (broad SMARTS) is 1. The maximum absolute atomic E-state index is 11.2. The zero-order chi connectivity index (χ0) is 12.0. The number of nitrogens with zero attached hydrogens (tertiary/aromatic N) is 2. The first-order valence-electron chi connectivity index (χ1n) is 4.80. The third-order valence-corrected chi connectivity index (χ3v) is 1.82. The van der Waals surface area contributed by atoms with Crippen molar-refractivity contribution in [2.45, 2.75) is 13.0 Å². The number of hydrogen-bond acceptors (Lipinski definition) is 3. The van der Waals surface area contributed by atoms with E-state index in [4.69, 9.17) is 5.11 Å². The molecular formula is C9H14N4O3. The monoisotopic (exact) mass is 226 g/mol. The summed E-state index contributed by atoms with van der Waals surface area (Å²) in [4.78, 5) is 21.3. The molecule has 0 saturated carbocycles. The van der Waals surface area contributed by atoms with Crippen molar-refractivity contribution < 1.29 is 14.7 Å². The van der Waals surface area contributed by atoms with Crippen molar-refractivity contribution in [3.63, 3.8) is 0 Å². The molecule has 0 atom stereocenters. The Morgan fingerprint density at radius 1 is 1.50 bits per heavy atom. The van der Waals surface area contributed by atoms with Crippen molar-refractivity contribution >= 4 is 12.0 Å². The molecule has 0 radical (unpaired) electrons. The lowest BCUT2D eigenvalue weighted by Gasteiger charge is -2.04. The second-order valence-electron chi connectivity index (χ2n) is 3.23. The summed E-state index contributed by atoms with van der Waals surface area (Å²) < 4.78 is 1.64. The average Bonchev–Trinajstić information content (AvgIpc) is 2.61. The molecule has 0 spiro atoms. The van der Waals surface area contributed by atoms with Crippen LogP contribution in [-0.2, 0) is 18.4 Å². The summed E-state index contributed by atoms with van der Waals surface area (Å²) in [5, 5.41) is 17.4. The molecule has 0 aliphatic heterocycles. The lowest BCUT2D eigenvalue weighted by atomic mass is 10.4. The first-order valence-corrected chi connectivity index (χ1v) is 4.80. The van der Waals surface area contributed by atoms with Crippen molar-refractivity contribution in [2.75, 3.05) is 6.54 Å². The summed E-state index contributed by atoms with van der Waals surface area (Å²) in [6.45, 7) is 0.434. The van der Waals surface area contributed by atoms with Gasteiger partial charge in [-0.05, 0) is 6.07 Å². The van der Waals surface area contributed by atoms with E-state index in [1.165, 1.54) is 0 Å². The minimum absolute atomic E-state index is 0.0863. The summed E-state index contributed by atoms with van der Waals surface area (Å²) in [6.07, 6.45) is 1.69. The van der Waals surface area contributed by atoms with Crippen molar-refractivity contribution in [2.24, 2.45) is 7.05 Å². The number of carbonyl (C=O) groups is 2. The first kappa shape index (κ1) is 12.0. The van der Waals surface area contributed by atoms with Gasteiger partial charge in [-0.3, -0.25) is 9.48 Å². The topological polar surface area (TPSA) is 96.2 Å². The number of aliphatic carboxylic acids is 1. The molecule has 0 fully saturated rings. The quantitative estimate of drug-likeness (QED) is 0.642. The van der Waals surface area contributed by atoms with Crippen molar-refractivity contribution in [3.8, 4) is 0 Å². The van der Waals surface area contributed by atoms with Crippen LogP contribution in [0.5, 0.6) is 0 Å².